The van der Waals surface area contributed by atoms with E-state index in [0.29, 0.717) is 13.2 Å². The van der Waals surface area contributed by atoms with Crippen LogP contribution >= 0.6 is 0 Å². The van der Waals surface area contributed by atoms with Gasteiger partial charge in [0, 0.05) is 13.2 Å². The van der Waals surface area contributed by atoms with Crippen molar-refractivity contribution in [1.29, 1.82) is 0 Å². The summed E-state index contributed by atoms with van der Waals surface area (Å²) in [6.45, 7) is 3.15. The highest BCUT2D eigenvalue weighted by atomic mass is 32.2. The summed E-state index contributed by atoms with van der Waals surface area (Å²) in [6.07, 6.45) is 4.50. The molecule has 0 unspecified atom stereocenters. The fraction of sp³-hybridized carbons (Fsp3) is 0.733. The van der Waals surface area contributed by atoms with E-state index < -0.39 is 10.0 Å². The van der Waals surface area contributed by atoms with E-state index in [1.54, 1.807) is 4.31 Å². The zero-order valence-electron chi connectivity index (χ0n) is 12.5. The van der Waals surface area contributed by atoms with Crippen LogP contribution in [-0.2, 0) is 14.8 Å². The van der Waals surface area contributed by atoms with Crippen molar-refractivity contribution in [1.82, 2.24) is 4.31 Å². The first-order chi connectivity index (χ1) is 10.1. The van der Waals surface area contributed by atoms with E-state index in [1.165, 1.54) is 0 Å². The van der Waals surface area contributed by atoms with Crippen LogP contribution in [0.15, 0.2) is 16.5 Å². The molecule has 1 aromatic rings. The second-order valence-corrected chi connectivity index (χ2v) is 7.95. The van der Waals surface area contributed by atoms with Gasteiger partial charge >= 0.3 is 0 Å². The minimum absolute atomic E-state index is 0.100. The number of ether oxygens (including phenoxy) is 1. The molecule has 0 spiro atoms. The number of hydrogen-bond acceptors (Lipinski definition) is 4. The van der Waals surface area contributed by atoms with Gasteiger partial charge in [-0.05, 0) is 51.2 Å². The summed E-state index contributed by atoms with van der Waals surface area (Å²) in [4.78, 5) is 0. The maximum atomic E-state index is 12.7. The zero-order chi connectivity index (χ0) is 14.9. The van der Waals surface area contributed by atoms with Crippen molar-refractivity contribution in [3.05, 3.63) is 23.7 Å². The maximum absolute atomic E-state index is 12.7. The summed E-state index contributed by atoms with van der Waals surface area (Å²) in [6, 6.07) is 3.64. The van der Waals surface area contributed by atoms with Gasteiger partial charge in [-0.2, -0.15) is 4.31 Å². The fourth-order valence-corrected chi connectivity index (χ4v) is 5.19. The molecule has 0 N–H and O–H groups in total. The molecule has 118 valence electrons. The smallest absolute Gasteiger partial charge is 0.217 e. The standard InChI is InChI=1S/C15H23NO4S/c1-12-7-8-15(20-12)14-6-4-9-16(14)21(17,18)11-13-5-2-3-10-19-13/h7-8,13-14H,2-6,9-11H2,1H3/t13-,14-/m1/s1. The molecule has 3 rings (SSSR count). The SMILES string of the molecule is Cc1ccc([C@H]2CCCN2S(=O)(=O)C[C@H]2CCCCO2)o1. The summed E-state index contributed by atoms with van der Waals surface area (Å²) < 4.78 is 38.2. The van der Waals surface area contributed by atoms with E-state index in [1.807, 2.05) is 19.1 Å². The Labute approximate surface area is 126 Å². The monoisotopic (exact) mass is 313 g/mol. The summed E-state index contributed by atoms with van der Waals surface area (Å²) >= 11 is 0. The van der Waals surface area contributed by atoms with Crippen LogP contribution < -0.4 is 0 Å². The first-order valence-corrected chi connectivity index (χ1v) is 9.34. The molecule has 21 heavy (non-hydrogen) atoms. The summed E-state index contributed by atoms with van der Waals surface area (Å²) in [5.74, 6) is 1.69. The predicted molar refractivity (Wildman–Crippen MR) is 79.5 cm³/mol. The fourth-order valence-electron chi connectivity index (χ4n) is 3.26. The summed E-state index contributed by atoms with van der Waals surface area (Å²) in [7, 11) is -3.30. The molecular formula is C15H23NO4S. The van der Waals surface area contributed by atoms with E-state index in [-0.39, 0.29) is 17.9 Å². The van der Waals surface area contributed by atoms with Crippen LogP contribution in [0.25, 0.3) is 0 Å². The van der Waals surface area contributed by atoms with Crippen LogP contribution in [0.5, 0.6) is 0 Å². The highest BCUT2D eigenvalue weighted by molar-refractivity contribution is 7.89. The number of rotatable bonds is 4. The Morgan fingerprint density at radius 1 is 1.24 bits per heavy atom. The van der Waals surface area contributed by atoms with Crippen LogP contribution in [-0.4, -0.2) is 37.7 Å². The van der Waals surface area contributed by atoms with Crippen molar-refractivity contribution in [2.75, 3.05) is 18.9 Å². The number of nitrogens with zero attached hydrogens (tertiary/aromatic N) is 1. The third kappa shape index (κ3) is 3.33. The molecule has 0 amide bonds. The lowest BCUT2D eigenvalue weighted by atomic mass is 10.1. The lowest BCUT2D eigenvalue weighted by Gasteiger charge is -2.27. The molecule has 0 aliphatic carbocycles. The average molecular weight is 313 g/mol. The molecular weight excluding hydrogens is 290 g/mol. The highest BCUT2D eigenvalue weighted by Gasteiger charge is 2.38. The normalized spacial score (nSPS) is 28.0. The zero-order valence-corrected chi connectivity index (χ0v) is 13.3. The number of sulfonamides is 1. The van der Waals surface area contributed by atoms with Crippen LogP contribution in [0.1, 0.15) is 49.7 Å². The molecule has 6 heteroatoms. The van der Waals surface area contributed by atoms with E-state index in [9.17, 15) is 8.42 Å². The van der Waals surface area contributed by atoms with E-state index in [2.05, 4.69) is 0 Å². The Kier molecular flexibility index (Phi) is 4.38. The van der Waals surface area contributed by atoms with E-state index >= 15 is 0 Å². The van der Waals surface area contributed by atoms with Gasteiger partial charge in [0.1, 0.15) is 11.5 Å². The Balaban J connectivity index is 1.74. The van der Waals surface area contributed by atoms with Gasteiger partial charge in [0.15, 0.2) is 0 Å². The first kappa shape index (κ1) is 15.1. The molecule has 0 saturated carbocycles. The molecule has 0 bridgehead atoms. The van der Waals surface area contributed by atoms with Crippen molar-refractivity contribution >= 4 is 10.0 Å². The quantitative estimate of drug-likeness (QED) is 0.857. The third-order valence-corrected chi connectivity index (χ3v) is 6.27. The van der Waals surface area contributed by atoms with Gasteiger partial charge < -0.3 is 9.15 Å². The van der Waals surface area contributed by atoms with Gasteiger partial charge in [0.05, 0.1) is 17.9 Å². The first-order valence-electron chi connectivity index (χ1n) is 7.74. The number of furan rings is 1. The van der Waals surface area contributed by atoms with E-state index in [0.717, 1.165) is 43.6 Å². The highest BCUT2D eigenvalue weighted by Crippen LogP contribution is 2.35. The molecule has 5 nitrogen and oxygen atoms in total. The molecule has 2 fully saturated rings. The molecule has 3 heterocycles. The molecule has 0 aromatic carbocycles. The minimum atomic E-state index is -3.30. The molecule has 1 aromatic heterocycles. The van der Waals surface area contributed by atoms with Gasteiger partial charge in [-0.3, -0.25) is 0 Å². The molecule has 2 atom stereocenters. The lowest BCUT2D eigenvalue weighted by Crippen LogP contribution is -2.38. The Bertz CT molecular complexity index is 574. The lowest BCUT2D eigenvalue weighted by molar-refractivity contribution is 0.0298. The Morgan fingerprint density at radius 2 is 2.10 bits per heavy atom. The van der Waals surface area contributed by atoms with Crippen LogP contribution in [0, 0.1) is 6.92 Å². The minimum Gasteiger partial charge on any atom is -0.465 e. The second-order valence-electron chi connectivity index (χ2n) is 5.98. The average Bonchev–Trinajstić information content (AvgIpc) is 3.07. The van der Waals surface area contributed by atoms with Crippen molar-refractivity contribution in [3.63, 3.8) is 0 Å². The van der Waals surface area contributed by atoms with Gasteiger partial charge in [-0.25, -0.2) is 8.42 Å². The van der Waals surface area contributed by atoms with Crippen molar-refractivity contribution in [2.24, 2.45) is 0 Å². The second kappa shape index (κ2) is 6.10. The predicted octanol–water partition coefficient (Wildman–Crippen LogP) is 2.62. The Morgan fingerprint density at radius 3 is 2.76 bits per heavy atom. The van der Waals surface area contributed by atoms with E-state index in [4.69, 9.17) is 9.15 Å². The van der Waals surface area contributed by atoms with Gasteiger partial charge in [0.2, 0.25) is 10.0 Å². The topological polar surface area (TPSA) is 59.8 Å². The van der Waals surface area contributed by atoms with Crippen LogP contribution in [0.3, 0.4) is 0 Å². The number of aryl methyl sites for hydroxylation is 1. The van der Waals surface area contributed by atoms with Crippen molar-refractivity contribution in [3.8, 4) is 0 Å². The van der Waals surface area contributed by atoms with Gasteiger partial charge in [0.25, 0.3) is 0 Å². The molecule has 0 radical (unpaired) electrons. The maximum Gasteiger partial charge on any atom is 0.217 e. The molecule has 2 aliphatic rings. The van der Waals surface area contributed by atoms with Crippen LogP contribution in [0.2, 0.25) is 0 Å². The summed E-state index contributed by atoms with van der Waals surface area (Å²) in [5, 5.41) is 0. The Hall–Kier alpha value is -0.850. The summed E-state index contributed by atoms with van der Waals surface area (Å²) in [5.41, 5.74) is 0. The van der Waals surface area contributed by atoms with Gasteiger partial charge in [-0.1, -0.05) is 0 Å². The van der Waals surface area contributed by atoms with Gasteiger partial charge in [-0.15, -0.1) is 0 Å². The molecule has 2 saturated heterocycles. The van der Waals surface area contributed by atoms with Crippen LogP contribution in [0.4, 0.5) is 0 Å². The van der Waals surface area contributed by atoms with Crippen molar-refractivity contribution < 1.29 is 17.6 Å². The largest absolute Gasteiger partial charge is 0.465 e. The molecule has 2 aliphatic heterocycles. The number of hydrogen-bond donors (Lipinski definition) is 0. The van der Waals surface area contributed by atoms with Crippen molar-refractivity contribution in [2.45, 2.75) is 51.2 Å². The third-order valence-electron chi connectivity index (χ3n) is 4.32.